The minimum absolute atomic E-state index is 0.127. The minimum Gasteiger partial charge on any atom is -0.478 e. The normalized spacial score (nSPS) is 13.1. The van der Waals surface area contributed by atoms with Crippen LogP contribution in [0.3, 0.4) is 0 Å². The van der Waals surface area contributed by atoms with Gasteiger partial charge in [-0.15, -0.1) is 0 Å². The first-order valence-electron chi connectivity index (χ1n) is 9.83. The second-order valence-electron chi connectivity index (χ2n) is 8.54. The Labute approximate surface area is 166 Å². The van der Waals surface area contributed by atoms with Gasteiger partial charge in [0.25, 0.3) is 0 Å². The summed E-state index contributed by atoms with van der Waals surface area (Å²) in [5.41, 5.74) is 0.720. The van der Waals surface area contributed by atoms with Gasteiger partial charge in [-0.05, 0) is 50.7 Å². The van der Waals surface area contributed by atoms with Gasteiger partial charge in [0.2, 0.25) is 0 Å². The maximum atomic E-state index is 14.4. The number of nitrogens with zero attached hydrogens (tertiary/aromatic N) is 2. The fourth-order valence-electron chi connectivity index (χ4n) is 3.51. The molecule has 2 aromatic rings. The van der Waals surface area contributed by atoms with Crippen molar-refractivity contribution in [2.24, 2.45) is 5.92 Å². The third-order valence-electron chi connectivity index (χ3n) is 4.86. The number of carboxylic acid groups (broad SMARTS) is 1. The first-order chi connectivity index (χ1) is 13.0. The van der Waals surface area contributed by atoms with E-state index in [1.165, 1.54) is 10.7 Å². The fraction of sp³-hybridized carbons (Fsp3) is 0.545. The van der Waals surface area contributed by atoms with Crippen molar-refractivity contribution in [3.63, 3.8) is 0 Å². The zero-order chi connectivity index (χ0) is 21.1. The van der Waals surface area contributed by atoms with Gasteiger partial charge in [0, 0.05) is 0 Å². The number of benzene rings is 1. The van der Waals surface area contributed by atoms with E-state index < -0.39 is 17.4 Å². The van der Waals surface area contributed by atoms with Gasteiger partial charge in [0.15, 0.2) is 0 Å². The minimum atomic E-state index is -1.04. The highest BCUT2D eigenvalue weighted by Crippen LogP contribution is 2.29. The molecule has 0 aliphatic rings. The van der Waals surface area contributed by atoms with Crippen LogP contribution >= 0.6 is 0 Å². The van der Waals surface area contributed by atoms with Crippen molar-refractivity contribution < 1.29 is 19.4 Å². The van der Waals surface area contributed by atoms with E-state index in [0.717, 1.165) is 12.8 Å². The molecule has 1 unspecified atom stereocenters. The van der Waals surface area contributed by atoms with E-state index >= 15 is 0 Å². The van der Waals surface area contributed by atoms with Crippen molar-refractivity contribution in [1.82, 2.24) is 9.78 Å². The largest absolute Gasteiger partial charge is 0.478 e. The van der Waals surface area contributed by atoms with E-state index in [-0.39, 0.29) is 23.1 Å². The zero-order valence-corrected chi connectivity index (χ0v) is 17.4. The fourth-order valence-corrected chi connectivity index (χ4v) is 3.51. The van der Waals surface area contributed by atoms with Crippen LogP contribution in [-0.4, -0.2) is 31.6 Å². The average Bonchev–Trinajstić information content (AvgIpc) is 2.93. The third-order valence-corrected chi connectivity index (χ3v) is 4.86. The van der Waals surface area contributed by atoms with Gasteiger partial charge >= 0.3 is 5.97 Å². The van der Waals surface area contributed by atoms with Crippen LogP contribution in [0.5, 0.6) is 0 Å². The lowest BCUT2D eigenvalue weighted by Crippen LogP contribution is -2.18. The summed E-state index contributed by atoms with van der Waals surface area (Å²) >= 11 is 0. The van der Waals surface area contributed by atoms with Gasteiger partial charge in [-0.1, -0.05) is 45.7 Å². The molecule has 2 rings (SSSR count). The topological polar surface area (TPSA) is 75.4 Å². The van der Waals surface area contributed by atoms with Crippen LogP contribution in [0.15, 0.2) is 24.3 Å². The van der Waals surface area contributed by atoms with Gasteiger partial charge in [-0.2, -0.15) is 5.10 Å². The summed E-state index contributed by atoms with van der Waals surface area (Å²) < 4.78 is 15.8. The molecule has 154 valence electrons. The van der Waals surface area contributed by atoms with E-state index in [2.05, 4.69) is 5.10 Å². The highest BCUT2D eigenvalue weighted by molar-refractivity contribution is 5.90. The smallest absolute Gasteiger partial charge is 0.339 e. The Hall–Kier alpha value is -2.21. The quantitative estimate of drug-likeness (QED) is 0.635. The number of halogens is 1. The highest BCUT2D eigenvalue weighted by Gasteiger charge is 2.27. The van der Waals surface area contributed by atoms with E-state index in [4.69, 9.17) is 0 Å². The van der Waals surface area contributed by atoms with Gasteiger partial charge < -0.3 is 10.2 Å². The van der Waals surface area contributed by atoms with E-state index in [0.29, 0.717) is 24.2 Å². The molecule has 6 heteroatoms. The maximum Gasteiger partial charge on any atom is 0.339 e. The van der Waals surface area contributed by atoms with Crippen LogP contribution in [0.1, 0.15) is 81.5 Å². The number of hydrogen-bond donors (Lipinski definition) is 2. The van der Waals surface area contributed by atoms with E-state index in [9.17, 15) is 19.4 Å². The molecule has 0 amide bonds. The second-order valence-corrected chi connectivity index (χ2v) is 8.54. The van der Waals surface area contributed by atoms with Crippen molar-refractivity contribution in [2.75, 3.05) is 0 Å². The molecule has 1 aromatic carbocycles. The summed E-state index contributed by atoms with van der Waals surface area (Å²) in [7, 11) is 0. The Bertz CT molecular complexity index is 822. The molecule has 0 aliphatic heterocycles. The molecule has 1 atom stereocenters. The lowest BCUT2D eigenvalue weighted by Gasteiger charge is -2.18. The molecule has 0 fully saturated rings. The second kappa shape index (κ2) is 8.86. The summed E-state index contributed by atoms with van der Waals surface area (Å²) in [5, 5.41) is 24.2. The number of rotatable bonds is 9. The molecule has 28 heavy (non-hydrogen) atoms. The predicted molar refractivity (Wildman–Crippen MR) is 108 cm³/mol. The highest BCUT2D eigenvalue weighted by atomic mass is 19.1. The SMILES string of the molecule is CC(CCCC(C)(C)O)Cc1nn(-c2ccccc2F)c(C(C)C)c1C(=O)O. The van der Waals surface area contributed by atoms with Crippen LogP contribution in [0.2, 0.25) is 0 Å². The summed E-state index contributed by atoms with van der Waals surface area (Å²) in [5.74, 6) is -1.40. The van der Waals surface area contributed by atoms with E-state index in [1.54, 1.807) is 32.0 Å². The first kappa shape index (κ1) is 22.1. The third kappa shape index (κ3) is 5.41. The van der Waals surface area contributed by atoms with Crippen LogP contribution < -0.4 is 0 Å². The summed E-state index contributed by atoms with van der Waals surface area (Å²) in [6, 6.07) is 6.27. The van der Waals surface area contributed by atoms with Crippen LogP contribution in [0.25, 0.3) is 5.69 Å². The number of para-hydroxylation sites is 1. The molecule has 1 aromatic heterocycles. The molecule has 1 heterocycles. The van der Waals surface area contributed by atoms with Gasteiger partial charge in [-0.3, -0.25) is 0 Å². The number of aliphatic hydroxyl groups is 1. The van der Waals surface area contributed by atoms with Crippen molar-refractivity contribution in [3.05, 3.63) is 47.0 Å². The Morgan fingerprint density at radius 1 is 1.25 bits per heavy atom. The Kier molecular flexibility index (Phi) is 6.99. The van der Waals surface area contributed by atoms with Crippen molar-refractivity contribution in [2.45, 2.75) is 71.8 Å². The van der Waals surface area contributed by atoms with Crippen molar-refractivity contribution in [1.29, 1.82) is 0 Å². The monoisotopic (exact) mass is 390 g/mol. The molecule has 0 bridgehead atoms. The van der Waals surface area contributed by atoms with Crippen LogP contribution in [-0.2, 0) is 6.42 Å². The number of aromatic carboxylic acids is 1. The Balaban J connectivity index is 2.38. The number of carbonyl (C=O) groups is 1. The molecule has 0 saturated carbocycles. The van der Waals surface area contributed by atoms with Crippen LogP contribution in [0, 0.1) is 11.7 Å². The van der Waals surface area contributed by atoms with Gasteiger partial charge in [0.1, 0.15) is 17.1 Å². The standard InChI is InChI=1S/C22H31FN2O3/c1-14(2)20-19(21(26)27)17(13-15(3)9-8-12-22(4,5)28)24-25(20)18-11-7-6-10-16(18)23/h6-7,10-11,14-15,28H,8-9,12-13H2,1-5H3,(H,26,27). The molecule has 0 spiro atoms. The van der Waals surface area contributed by atoms with Crippen molar-refractivity contribution in [3.8, 4) is 5.69 Å². The molecule has 2 N–H and O–H groups in total. The number of carboxylic acids is 1. The Morgan fingerprint density at radius 2 is 1.89 bits per heavy atom. The Morgan fingerprint density at radius 3 is 2.43 bits per heavy atom. The summed E-state index contributed by atoms with van der Waals surface area (Å²) in [6.45, 7) is 9.39. The number of hydrogen-bond acceptors (Lipinski definition) is 3. The molecule has 0 aliphatic carbocycles. The lowest BCUT2D eigenvalue weighted by atomic mass is 9.92. The van der Waals surface area contributed by atoms with Crippen LogP contribution in [0.4, 0.5) is 4.39 Å². The lowest BCUT2D eigenvalue weighted by molar-refractivity contribution is 0.0669. The average molecular weight is 390 g/mol. The zero-order valence-electron chi connectivity index (χ0n) is 17.4. The predicted octanol–water partition coefficient (Wildman–Crippen LogP) is 4.95. The molecular weight excluding hydrogens is 359 g/mol. The van der Waals surface area contributed by atoms with Crippen molar-refractivity contribution >= 4 is 5.97 Å². The first-order valence-corrected chi connectivity index (χ1v) is 9.83. The molecule has 0 radical (unpaired) electrons. The summed E-state index contributed by atoms with van der Waals surface area (Å²) in [6.07, 6.45) is 2.88. The van der Waals surface area contributed by atoms with Gasteiger partial charge in [-0.25, -0.2) is 13.9 Å². The molecular formula is C22H31FN2O3. The number of aromatic nitrogens is 2. The molecule has 0 saturated heterocycles. The maximum absolute atomic E-state index is 14.4. The molecule has 5 nitrogen and oxygen atoms in total. The van der Waals surface area contributed by atoms with E-state index in [1.807, 2.05) is 20.8 Å². The summed E-state index contributed by atoms with van der Waals surface area (Å²) in [4.78, 5) is 12.0. The van der Waals surface area contributed by atoms with Gasteiger partial charge in [0.05, 0.1) is 17.0 Å².